The van der Waals surface area contributed by atoms with Gasteiger partial charge in [0.2, 0.25) is 5.91 Å². The Hall–Kier alpha value is -1.66. The van der Waals surface area contributed by atoms with Crippen molar-refractivity contribution in [2.45, 2.75) is 18.7 Å². The van der Waals surface area contributed by atoms with Gasteiger partial charge in [0.25, 0.3) is 0 Å². The second-order valence-electron chi connectivity index (χ2n) is 5.20. The van der Waals surface area contributed by atoms with E-state index in [4.69, 9.17) is 5.11 Å². The third-order valence-corrected chi connectivity index (χ3v) is 4.06. The van der Waals surface area contributed by atoms with Gasteiger partial charge in [0.05, 0.1) is 4.90 Å². The zero-order valence-electron chi connectivity index (χ0n) is 11.5. The number of aliphatic hydroxyl groups excluding tert-OH is 1. The summed E-state index contributed by atoms with van der Waals surface area (Å²) in [5.74, 6) is -0.508. The van der Waals surface area contributed by atoms with Crippen LogP contribution in [0.4, 0.5) is 0 Å². The molecule has 5 nitrogen and oxygen atoms in total. The normalized spacial score (nSPS) is 12.6. The molecule has 0 radical (unpaired) electrons. The van der Waals surface area contributed by atoms with E-state index in [0.717, 1.165) is 11.5 Å². The molecule has 0 saturated carbocycles. The number of nitrogens with one attached hydrogen (secondary N) is 1. The Labute approximate surface area is 119 Å². The van der Waals surface area contributed by atoms with Crippen LogP contribution in [0, 0.1) is 5.41 Å². The standard InChI is InChI=1S/C14H19NO4S/c1-14(2,11-16)10-15-13(17)8-9-20(18,19)12-6-4-3-5-7-12/h3-9,16H,10-11H2,1-2H3,(H,15,17)/b9-8+. The lowest BCUT2D eigenvalue weighted by atomic mass is 9.95. The summed E-state index contributed by atoms with van der Waals surface area (Å²) in [4.78, 5) is 11.7. The highest BCUT2D eigenvalue weighted by molar-refractivity contribution is 7.94. The second-order valence-corrected chi connectivity index (χ2v) is 7.03. The molecular formula is C14H19NO4S. The number of hydrogen-bond acceptors (Lipinski definition) is 4. The molecule has 20 heavy (non-hydrogen) atoms. The fourth-order valence-electron chi connectivity index (χ4n) is 1.28. The lowest BCUT2D eigenvalue weighted by molar-refractivity contribution is -0.117. The Morgan fingerprint density at radius 1 is 1.30 bits per heavy atom. The van der Waals surface area contributed by atoms with Crippen LogP contribution in [0.2, 0.25) is 0 Å². The fraction of sp³-hybridized carbons (Fsp3) is 0.357. The maximum absolute atomic E-state index is 11.9. The summed E-state index contributed by atoms with van der Waals surface area (Å²) in [6, 6.07) is 7.88. The molecule has 0 aromatic heterocycles. The minimum Gasteiger partial charge on any atom is -0.396 e. The quantitative estimate of drug-likeness (QED) is 0.770. The van der Waals surface area contributed by atoms with E-state index in [2.05, 4.69) is 5.32 Å². The first-order valence-corrected chi connectivity index (χ1v) is 7.68. The summed E-state index contributed by atoms with van der Waals surface area (Å²) in [5.41, 5.74) is -0.443. The van der Waals surface area contributed by atoms with Crippen molar-refractivity contribution < 1.29 is 18.3 Å². The van der Waals surface area contributed by atoms with Crippen LogP contribution in [-0.4, -0.2) is 32.6 Å². The minimum atomic E-state index is -3.61. The van der Waals surface area contributed by atoms with E-state index < -0.39 is 21.2 Å². The first-order chi connectivity index (χ1) is 9.27. The summed E-state index contributed by atoms with van der Waals surface area (Å²) in [5, 5.41) is 12.5. The molecule has 1 aromatic carbocycles. The molecule has 0 spiro atoms. The van der Waals surface area contributed by atoms with Crippen molar-refractivity contribution in [1.82, 2.24) is 5.32 Å². The van der Waals surface area contributed by atoms with E-state index in [1.165, 1.54) is 12.1 Å². The van der Waals surface area contributed by atoms with Gasteiger partial charge in [-0.1, -0.05) is 32.0 Å². The molecule has 0 heterocycles. The summed E-state index contributed by atoms with van der Waals surface area (Å²) in [6.07, 6.45) is 0.982. The molecule has 0 fully saturated rings. The third kappa shape index (κ3) is 5.14. The van der Waals surface area contributed by atoms with Crippen LogP contribution < -0.4 is 5.32 Å². The van der Waals surface area contributed by atoms with Crippen LogP contribution in [0.3, 0.4) is 0 Å². The monoisotopic (exact) mass is 297 g/mol. The van der Waals surface area contributed by atoms with Crippen molar-refractivity contribution in [2.75, 3.05) is 13.2 Å². The number of carbonyl (C=O) groups excluding carboxylic acids is 1. The van der Waals surface area contributed by atoms with Crippen LogP contribution in [0.5, 0.6) is 0 Å². The first-order valence-electron chi connectivity index (χ1n) is 6.14. The van der Waals surface area contributed by atoms with Crippen molar-refractivity contribution >= 4 is 15.7 Å². The fourth-order valence-corrected chi connectivity index (χ4v) is 2.28. The van der Waals surface area contributed by atoms with Crippen LogP contribution in [0.25, 0.3) is 0 Å². The molecule has 0 unspecified atom stereocenters. The number of benzene rings is 1. The van der Waals surface area contributed by atoms with Gasteiger partial charge in [-0.25, -0.2) is 8.42 Å². The van der Waals surface area contributed by atoms with Gasteiger partial charge < -0.3 is 10.4 Å². The third-order valence-electron chi connectivity index (χ3n) is 2.64. The lowest BCUT2D eigenvalue weighted by Crippen LogP contribution is -2.35. The van der Waals surface area contributed by atoms with Crippen molar-refractivity contribution in [3.63, 3.8) is 0 Å². The van der Waals surface area contributed by atoms with Crippen molar-refractivity contribution in [3.05, 3.63) is 41.8 Å². The van der Waals surface area contributed by atoms with Crippen LogP contribution in [-0.2, 0) is 14.6 Å². The van der Waals surface area contributed by atoms with E-state index in [9.17, 15) is 13.2 Å². The molecule has 6 heteroatoms. The number of rotatable bonds is 6. The first kappa shape index (κ1) is 16.4. The minimum absolute atomic E-state index is 0.0701. The predicted octanol–water partition coefficient (Wildman–Crippen LogP) is 1.11. The number of amides is 1. The number of carbonyl (C=O) groups is 1. The van der Waals surface area contributed by atoms with Gasteiger partial charge in [0.15, 0.2) is 9.84 Å². The molecule has 0 aliphatic carbocycles. The van der Waals surface area contributed by atoms with Gasteiger partial charge in [0.1, 0.15) is 0 Å². The Morgan fingerprint density at radius 2 is 1.90 bits per heavy atom. The zero-order valence-corrected chi connectivity index (χ0v) is 12.4. The van der Waals surface area contributed by atoms with Crippen LogP contribution in [0.1, 0.15) is 13.8 Å². The Morgan fingerprint density at radius 3 is 2.45 bits per heavy atom. The Balaban J connectivity index is 2.66. The lowest BCUT2D eigenvalue weighted by Gasteiger charge is -2.21. The van der Waals surface area contributed by atoms with Gasteiger partial charge in [-0.15, -0.1) is 0 Å². The smallest absolute Gasteiger partial charge is 0.244 e. The van der Waals surface area contributed by atoms with E-state index in [1.54, 1.807) is 32.0 Å². The molecule has 2 N–H and O–H groups in total. The van der Waals surface area contributed by atoms with E-state index in [0.29, 0.717) is 0 Å². The van der Waals surface area contributed by atoms with E-state index in [1.807, 2.05) is 0 Å². The number of hydrogen-bond donors (Lipinski definition) is 2. The largest absolute Gasteiger partial charge is 0.396 e. The van der Waals surface area contributed by atoms with Gasteiger partial charge >= 0.3 is 0 Å². The SMILES string of the molecule is CC(C)(CO)CNC(=O)/C=C/S(=O)(=O)c1ccccc1. The predicted molar refractivity (Wildman–Crippen MR) is 76.6 cm³/mol. The summed E-state index contributed by atoms with van der Waals surface area (Å²) in [7, 11) is -3.61. The van der Waals surface area contributed by atoms with Crippen LogP contribution >= 0.6 is 0 Å². The molecule has 110 valence electrons. The van der Waals surface area contributed by atoms with Gasteiger partial charge in [0, 0.05) is 30.1 Å². The molecule has 1 aromatic rings. The average molecular weight is 297 g/mol. The molecule has 0 aliphatic rings. The zero-order chi connectivity index (χ0) is 15.2. The van der Waals surface area contributed by atoms with Crippen molar-refractivity contribution in [3.8, 4) is 0 Å². The second kappa shape index (κ2) is 6.67. The number of aliphatic hydroxyl groups is 1. The summed E-state index contributed by atoms with van der Waals surface area (Å²) in [6.45, 7) is 3.77. The maximum Gasteiger partial charge on any atom is 0.244 e. The summed E-state index contributed by atoms with van der Waals surface area (Å²) >= 11 is 0. The molecule has 0 bridgehead atoms. The van der Waals surface area contributed by atoms with E-state index >= 15 is 0 Å². The topological polar surface area (TPSA) is 83.5 Å². The highest BCUT2D eigenvalue weighted by atomic mass is 32.2. The molecule has 1 amide bonds. The van der Waals surface area contributed by atoms with Gasteiger partial charge in [-0.3, -0.25) is 4.79 Å². The highest BCUT2D eigenvalue weighted by Crippen LogP contribution is 2.12. The molecule has 0 saturated heterocycles. The molecule has 0 aliphatic heterocycles. The Kier molecular flexibility index (Phi) is 5.47. The average Bonchev–Trinajstić information content (AvgIpc) is 2.44. The Bertz CT molecular complexity index is 576. The van der Waals surface area contributed by atoms with Gasteiger partial charge in [-0.2, -0.15) is 0 Å². The summed E-state index contributed by atoms with van der Waals surface area (Å²) < 4.78 is 23.8. The molecule has 0 atom stereocenters. The van der Waals surface area contributed by atoms with Crippen molar-refractivity contribution in [1.29, 1.82) is 0 Å². The van der Waals surface area contributed by atoms with Crippen molar-refractivity contribution in [2.24, 2.45) is 5.41 Å². The van der Waals surface area contributed by atoms with E-state index in [-0.39, 0.29) is 18.0 Å². The maximum atomic E-state index is 11.9. The highest BCUT2D eigenvalue weighted by Gasteiger charge is 2.17. The number of sulfone groups is 1. The van der Waals surface area contributed by atoms with Gasteiger partial charge in [-0.05, 0) is 12.1 Å². The molecular weight excluding hydrogens is 278 g/mol. The molecule has 1 rings (SSSR count). The van der Waals surface area contributed by atoms with Crippen LogP contribution in [0.15, 0.2) is 46.7 Å².